The summed E-state index contributed by atoms with van der Waals surface area (Å²) in [4.78, 5) is 16.2. The summed E-state index contributed by atoms with van der Waals surface area (Å²) in [7, 11) is 4.17. The third-order valence-corrected chi connectivity index (χ3v) is 7.46. The molecule has 0 atom stereocenters. The molecule has 6 rings (SSSR count). The number of fused-ring (bicyclic) bond motifs is 2. The molecule has 2 aliphatic rings. The molecule has 8 nitrogen and oxygen atoms in total. The molecule has 0 bridgehead atoms. The highest BCUT2D eigenvalue weighted by atomic mass is 19.1. The van der Waals surface area contributed by atoms with E-state index in [-0.39, 0.29) is 5.82 Å². The fraction of sp³-hybridized carbons (Fsp3) is 0.345. The molecule has 0 saturated carbocycles. The number of likely N-dealkylation sites (N-methyl/N-ethyl adjacent to an activating group) is 1. The van der Waals surface area contributed by atoms with Crippen molar-refractivity contribution in [2.45, 2.75) is 31.7 Å². The Bertz CT molecular complexity index is 1520. The van der Waals surface area contributed by atoms with Gasteiger partial charge < -0.3 is 20.7 Å². The van der Waals surface area contributed by atoms with E-state index >= 15 is 0 Å². The van der Waals surface area contributed by atoms with Gasteiger partial charge in [-0.2, -0.15) is 0 Å². The number of halogens is 1. The van der Waals surface area contributed by atoms with Crippen LogP contribution in [-0.2, 0) is 17.7 Å². The van der Waals surface area contributed by atoms with Gasteiger partial charge >= 0.3 is 0 Å². The van der Waals surface area contributed by atoms with Gasteiger partial charge in [0.2, 0.25) is 0 Å². The predicted octanol–water partition coefficient (Wildman–Crippen LogP) is 4.50. The molecule has 196 valence electrons. The summed E-state index contributed by atoms with van der Waals surface area (Å²) in [6, 6.07) is 11.2. The molecule has 1 saturated heterocycles. The third-order valence-electron chi connectivity index (χ3n) is 7.46. The SMILES string of the molecule is CN(C)CCc1nc(Nc2ccc(-c3cnc4cc(F)ccn34)c3c2C(N)=NC3)ccc1C1CCOCC1. The monoisotopic (exact) mass is 513 g/mol. The van der Waals surface area contributed by atoms with E-state index in [4.69, 9.17) is 15.5 Å². The van der Waals surface area contributed by atoms with Gasteiger partial charge in [-0.15, -0.1) is 0 Å². The van der Waals surface area contributed by atoms with Crippen LogP contribution in [0, 0.1) is 5.82 Å². The lowest BCUT2D eigenvalue weighted by atomic mass is 9.89. The second-order valence-electron chi connectivity index (χ2n) is 10.2. The normalized spacial score (nSPS) is 15.7. The number of pyridine rings is 2. The Kier molecular flexibility index (Phi) is 6.55. The van der Waals surface area contributed by atoms with Crippen LogP contribution in [0.5, 0.6) is 0 Å². The Labute approximate surface area is 221 Å². The van der Waals surface area contributed by atoms with Gasteiger partial charge in [-0.05, 0) is 62.2 Å². The first-order valence-electron chi connectivity index (χ1n) is 13.1. The largest absolute Gasteiger partial charge is 0.383 e. The standard InChI is InChI=1S/C29H32FN7O/c1-36(2)11-8-23-20(18-9-13-38-14-10-18)4-6-26(34-23)35-24-5-3-21(22-16-33-29(31)28(22)24)25-17-32-27-15-19(30)7-12-37(25)27/h3-7,12,15,17-18H,8-11,13-14,16H2,1-2H3,(H2,31,33)(H,34,35). The van der Waals surface area contributed by atoms with E-state index in [1.54, 1.807) is 12.4 Å². The summed E-state index contributed by atoms with van der Waals surface area (Å²) < 4.78 is 21.2. The fourth-order valence-electron chi connectivity index (χ4n) is 5.48. The summed E-state index contributed by atoms with van der Waals surface area (Å²) in [5.74, 6) is 1.45. The Morgan fingerprint density at radius 3 is 2.82 bits per heavy atom. The van der Waals surface area contributed by atoms with Crippen LogP contribution in [0.25, 0.3) is 16.9 Å². The molecule has 1 fully saturated rings. The number of rotatable bonds is 7. The first kappa shape index (κ1) is 24.5. The van der Waals surface area contributed by atoms with Gasteiger partial charge in [0.25, 0.3) is 0 Å². The summed E-state index contributed by atoms with van der Waals surface area (Å²) in [6.45, 7) is 3.01. The van der Waals surface area contributed by atoms with Crippen LogP contribution in [0.2, 0.25) is 0 Å². The lowest BCUT2D eigenvalue weighted by molar-refractivity contribution is 0.0850. The first-order chi connectivity index (χ1) is 18.5. The van der Waals surface area contributed by atoms with E-state index in [2.05, 4.69) is 46.4 Å². The maximum Gasteiger partial charge on any atom is 0.140 e. The predicted molar refractivity (Wildman–Crippen MR) is 148 cm³/mol. The highest BCUT2D eigenvalue weighted by Gasteiger charge is 2.24. The van der Waals surface area contributed by atoms with E-state index in [9.17, 15) is 4.39 Å². The number of aromatic nitrogens is 3. The van der Waals surface area contributed by atoms with Crippen molar-refractivity contribution in [1.82, 2.24) is 19.3 Å². The molecule has 2 aliphatic heterocycles. The zero-order chi connectivity index (χ0) is 26.2. The summed E-state index contributed by atoms with van der Waals surface area (Å²) >= 11 is 0. The van der Waals surface area contributed by atoms with E-state index in [1.165, 1.54) is 17.7 Å². The van der Waals surface area contributed by atoms with Crippen molar-refractivity contribution < 1.29 is 9.13 Å². The molecule has 0 spiro atoms. The number of ether oxygens (including phenoxy) is 1. The minimum absolute atomic E-state index is 0.313. The number of nitrogens with zero attached hydrogens (tertiary/aromatic N) is 5. The van der Waals surface area contributed by atoms with Crippen LogP contribution in [0.3, 0.4) is 0 Å². The van der Waals surface area contributed by atoms with Crippen LogP contribution >= 0.6 is 0 Å². The van der Waals surface area contributed by atoms with Gasteiger partial charge in [-0.25, -0.2) is 14.4 Å². The number of nitrogens with two attached hydrogens (primary N) is 1. The van der Waals surface area contributed by atoms with Crippen LogP contribution in [0.1, 0.15) is 41.1 Å². The maximum absolute atomic E-state index is 13.7. The molecular formula is C29H32FN7O. The van der Waals surface area contributed by atoms with E-state index in [0.29, 0.717) is 23.9 Å². The van der Waals surface area contributed by atoms with E-state index in [1.807, 2.05) is 16.5 Å². The summed E-state index contributed by atoms with van der Waals surface area (Å²) in [6.07, 6.45) is 6.40. The molecule has 1 aromatic carbocycles. The summed E-state index contributed by atoms with van der Waals surface area (Å²) in [5.41, 5.74) is 14.0. The number of imidazole rings is 1. The van der Waals surface area contributed by atoms with Crippen LogP contribution in [0.15, 0.2) is 53.8 Å². The molecule has 9 heteroatoms. The molecular weight excluding hydrogens is 481 g/mol. The van der Waals surface area contributed by atoms with Crippen LogP contribution < -0.4 is 11.1 Å². The number of hydrogen-bond donors (Lipinski definition) is 2. The zero-order valence-electron chi connectivity index (χ0n) is 21.7. The Morgan fingerprint density at radius 1 is 1.16 bits per heavy atom. The van der Waals surface area contributed by atoms with Crippen molar-refractivity contribution in [3.8, 4) is 11.3 Å². The average molecular weight is 514 g/mol. The second-order valence-corrected chi connectivity index (χ2v) is 10.2. The molecule has 0 amide bonds. The molecule has 0 unspecified atom stereocenters. The van der Waals surface area contributed by atoms with Gasteiger partial charge in [0, 0.05) is 55.3 Å². The number of benzene rings is 1. The zero-order valence-corrected chi connectivity index (χ0v) is 21.7. The lowest BCUT2D eigenvalue weighted by Gasteiger charge is -2.25. The van der Waals surface area contributed by atoms with Gasteiger partial charge in [0.15, 0.2) is 0 Å². The highest BCUT2D eigenvalue weighted by Crippen LogP contribution is 2.37. The van der Waals surface area contributed by atoms with Crippen LogP contribution in [0.4, 0.5) is 15.9 Å². The highest BCUT2D eigenvalue weighted by molar-refractivity contribution is 6.07. The number of anilines is 2. The molecule has 5 heterocycles. The van der Waals surface area contributed by atoms with Gasteiger partial charge in [-0.1, -0.05) is 12.1 Å². The number of nitrogens with one attached hydrogen (secondary N) is 1. The van der Waals surface area contributed by atoms with Crippen LogP contribution in [-0.4, -0.2) is 59.0 Å². The van der Waals surface area contributed by atoms with Crippen molar-refractivity contribution in [3.63, 3.8) is 0 Å². The average Bonchev–Trinajstić information content (AvgIpc) is 3.52. The smallest absolute Gasteiger partial charge is 0.140 e. The van der Waals surface area contributed by atoms with Crippen molar-refractivity contribution in [1.29, 1.82) is 0 Å². The van der Waals surface area contributed by atoms with Crippen molar-refractivity contribution in [2.75, 3.05) is 39.2 Å². The number of aliphatic imine (C=N–C) groups is 1. The molecule has 3 N–H and O–H groups in total. The van der Waals surface area contributed by atoms with Gasteiger partial charge in [0.1, 0.15) is 23.1 Å². The lowest BCUT2D eigenvalue weighted by Crippen LogP contribution is -2.20. The molecule has 4 aromatic rings. The Morgan fingerprint density at radius 2 is 2.00 bits per heavy atom. The topological polar surface area (TPSA) is 93.1 Å². The van der Waals surface area contributed by atoms with Gasteiger partial charge in [0.05, 0.1) is 24.1 Å². The van der Waals surface area contributed by atoms with E-state index in [0.717, 1.165) is 78.6 Å². The van der Waals surface area contributed by atoms with E-state index < -0.39 is 0 Å². The first-order valence-corrected chi connectivity index (χ1v) is 13.1. The molecule has 0 aliphatic carbocycles. The molecule has 0 radical (unpaired) electrons. The summed E-state index contributed by atoms with van der Waals surface area (Å²) in [5, 5.41) is 3.53. The fourth-order valence-corrected chi connectivity index (χ4v) is 5.48. The maximum atomic E-state index is 13.7. The minimum Gasteiger partial charge on any atom is -0.383 e. The minimum atomic E-state index is -0.313. The quantitative estimate of drug-likeness (QED) is 0.378. The number of amidine groups is 1. The number of hydrogen-bond acceptors (Lipinski definition) is 7. The second kappa shape index (κ2) is 10.2. The Balaban J connectivity index is 1.35. The van der Waals surface area contributed by atoms with Crippen molar-refractivity contribution in [2.24, 2.45) is 10.7 Å². The van der Waals surface area contributed by atoms with Crippen molar-refractivity contribution >= 4 is 23.0 Å². The van der Waals surface area contributed by atoms with Gasteiger partial charge in [-0.3, -0.25) is 9.39 Å². The Hall–Kier alpha value is -3.82. The molecule has 3 aromatic heterocycles. The third kappa shape index (κ3) is 4.63. The van der Waals surface area contributed by atoms with Crippen molar-refractivity contribution in [3.05, 3.63) is 77.0 Å². The molecule has 38 heavy (non-hydrogen) atoms.